The molecule has 1 heterocycles. The van der Waals surface area contributed by atoms with Crippen LogP contribution in [0.15, 0.2) is 36.4 Å². The molecule has 1 aliphatic heterocycles. The molecule has 5 heteroatoms. The molecule has 2 aromatic carbocycles. The minimum atomic E-state index is -0.641. The van der Waals surface area contributed by atoms with Crippen molar-refractivity contribution in [1.29, 1.82) is 0 Å². The van der Waals surface area contributed by atoms with Crippen LogP contribution in [0.25, 0.3) is 0 Å². The van der Waals surface area contributed by atoms with Crippen LogP contribution in [0.2, 0.25) is 0 Å². The molecular formula is C20H22N2O3. The smallest absolute Gasteiger partial charge is 0.265 e. The summed E-state index contributed by atoms with van der Waals surface area (Å²) in [5, 5.41) is 2.98. The van der Waals surface area contributed by atoms with Gasteiger partial charge in [0.2, 0.25) is 5.91 Å². The van der Waals surface area contributed by atoms with Gasteiger partial charge in [-0.05, 0) is 51.0 Å². The molecule has 1 atom stereocenters. The van der Waals surface area contributed by atoms with E-state index in [0.29, 0.717) is 11.4 Å². The number of amides is 2. The van der Waals surface area contributed by atoms with Gasteiger partial charge >= 0.3 is 0 Å². The van der Waals surface area contributed by atoms with Crippen molar-refractivity contribution in [2.75, 3.05) is 16.8 Å². The molecule has 2 aromatic rings. The van der Waals surface area contributed by atoms with E-state index in [1.807, 2.05) is 45.0 Å². The van der Waals surface area contributed by atoms with Gasteiger partial charge in [-0.2, -0.15) is 0 Å². The molecule has 0 aliphatic carbocycles. The van der Waals surface area contributed by atoms with Crippen molar-refractivity contribution in [3.8, 4) is 5.75 Å². The van der Waals surface area contributed by atoms with E-state index in [-0.39, 0.29) is 18.4 Å². The predicted molar refractivity (Wildman–Crippen MR) is 98.2 cm³/mol. The molecule has 130 valence electrons. The summed E-state index contributed by atoms with van der Waals surface area (Å²) in [5.41, 5.74) is 4.59. The molecule has 25 heavy (non-hydrogen) atoms. The molecule has 0 saturated heterocycles. The number of nitrogens with one attached hydrogen (secondary N) is 1. The largest absolute Gasteiger partial charge is 0.482 e. The number of nitrogens with zero attached hydrogens (tertiary/aromatic N) is 1. The number of hydrogen-bond donors (Lipinski definition) is 1. The lowest BCUT2D eigenvalue weighted by Crippen LogP contribution is -2.49. The van der Waals surface area contributed by atoms with Gasteiger partial charge in [-0.15, -0.1) is 0 Å². The van der Waals surface area contributed by atoms with Crippen molar-refractivity contribution < 1.29 is 14.3 Å². The maximum absolute atomic E-state index is 12.8. The van der Waals surface area contributed by atoms with E-state index in [4.69, 9.17) is 4.74 Å². The molecular weight excluding hydrogens is 316 g/mol. The summed E-state index contributed by atoms with van der Waals surface area (Å²) in [5.74, 6) is 0.170. The first-order valence-corrected chi connectivity index (χ1v) is 8.31. The summed E-state index contributed by atoms with van der Waals surface area (Å²) in [6.45, 7) is 7.63. The van der Waals surface area contributed by atoms with Crippen LogP contribution in [0.3, 0.4) is 0 Å². The van der Waals surface area contributed by atoms with Gasteiger partial charge in [0.15, 0.2) is 6.61 Å². The number of benzene rings is 2. The Kier molecular flexibility index (Phi) is 4.49. The number of ether oxygens (including phenoxy) is 1. The number of carbonyl (C=O) groups excluding carboxylic acids is 2. The first kappa shape index (κ1) is 17.0. The number of hydrogen-bond acceptors (Lipinski definition) is 3. The maximum atomic E-state index is 12.8. The molecule has 0 aromatic heterocycles. The van der Waals surface area contributed by atoms with E-state index in [1.165, 1.54) is 4.90 Å². The predicted octanol–water partition coefficient (Wildman–Crippen LogP) is 3.36. The number of rotatable bonds is 3. The zero-order valence-corrected chi connectivity index (χ0v) is 14.9. The lowest BCUT2D eigenvalue weighted by molar-refractivity contribution is -0.125. The zero-order chi connectivity index (χ0) is 18.1. The maximum Gasteiger partial charge on any atom is 0.265 e. The summed E-state index contributed by atoms with van der Waals surface area (Å²) >= 11 is 0. The normalized spacial score (nSPS) is 14.6. The van der Waals surface area contributed by atoms with E-state index in [0.717, 1.165) is 22.4 Å². The third-order valence-electron chi connectivity index (χ3n) is 4.44. The monoisotopic (exact) mass is 338 g/mol. The summed E-state index contributed by atoms with van der Waals surface area (Å²) < 4.78 is 5.44. The Balaban J connectivity index is 1.87. The number of aryl methyl sites for hydroxylation is 3. The summed E-state index contributed by atoms with van der Waals surface area (Å²) in [6, 6.07) is 10.7. The van der Waals surface area contributed by atoms with Crippen molar-refractivity contribution in [3.63, 3.8) is 0 Å². The molecule has 0 fully saturated rings. The van der Waals surface area contributed by atoms with Crippen LogP contribution in [0.4, 0.5) is 11.4 Å². The molecule has 0 saturated carbocycles. The first-order valence-electron chi connectivity index (χ1n) is 8.31. The number of anilines is 2. The Bertz CT molecular complexity index is 822. The van der Waals surface area contributed by atoms with Crippen LogP contribution in [0.1, 0.15) is 23.6 Å². The average molecular weight is 338 g/mol. The first-order chi connectivity index (χ1) is 11.9. The highest BCUT2D eigenvalue weighted by Gasteiger charge is 2.33. The number of para-hydroxylation sites is 2. The van der Waals surface area contributed by atoms with E-state index in [1.54, 1.807) is 19.1 Å². The SMILES string of the molecule is Cc1cc(C)c(NC(=O)C(C)N2C(=O)COc3ccccc32)c(C)c1. The summed E-state index contributed by atoms with van der Waals surface area (Å²) in [7, 11) is 0. The van der Waals surface area contributed by atoms with E-state index >= 15 is 0 Å². The Morgan fingerprint density at radius 2 is 1.80 bits per heavy atom. The molecule has 1 unspecified atom stereocenters. The fourth-order valence-electron chi connectivity index (χ4n) is 3.27. The second kappa shape index (κ2) is 6.59. The van der Waals surface area contributed by atoms with Crippen molar-refractivity contribution in [2.45, 2.75) is 33.7 Å². The second-order valence-corrected chi connectivity index (χ2v) is 6.46. The Morgan fingerprint density at radius 1 is 1.16 bits per heavy atom. The minimum Gasteiger partial charge on any atom is -0.482 e. The lowest BCUT2D eigenvalue weighted by Gasteiger charge is -2.33. The van der Waals surface area contributed by atoms with Gasteiger partial charge in [-0.1, -0.05) is 29.8 Å². The second-order valence-electron chi connectivity index (χ2n) is 6.46. The molecule has 2 amide bonds. The van der Waals surface area contributed by atoms with Crippen LogP contribution in [-0.4, -0.2) is 24.5 Å². The molecule has 1 aliphatic rings. The molecule has 0 radical (unpaired) electrons. The third-order valence-corrected chi connectivity index (χ3v) is 4.44. The Morgan fingerprint density at radius 3 is 2.48 bits per heavy atom. The van der Waals surface area contributed by atoms with Gasteiger partial charge in [0.1, 0.15) is 11.8 Å². The van der Waals surface area contributed by atoms with Crippen LogP contribution in [0, 0.1) is 20.8 Å². The zero-order valence-electron chi connectivity index (χ0n) is 14.9. The van der Waals surface area contributed by atoms with Gasteiger partial charge in [-0.3, -0.25) is 14.5 Å². The summed E-state index contributed by atoms with van der Waals surface area (Å²) in [6.07, 6.45) is 0. The van der Waals surface area contributed by atoms with Gasteiger partial charge in [0.05, 0.1) is 5.69 Å². The van der Waals surface area contributed by atoms with Gasteiger partial charge in [0, 0.05) is 5.69 Å². The molecule has 0 spiro atoms. The van der Waals surface area contributed by atoms with E-state index < -0.39 is 6.04 Å². The lowest BCUT2D eigenvalue weighted by atomic mass is 10.0. The van der Waals surface area contributed by atoms with Crippen LogP contribution < -0.4 is 15.0 Å². The van der Waals surface area contributed by atoms with Crippen LogP contribution >= 0.6 is 0 Å². The molecule has 1 N–H and O–H groups in total. The average Bonchev–Trinajstić information content (AvgIpc) is 2.57. The summed E-state index contributed by atoms with van der Waals surface area (Å²) in [4.78, 5) is 26.7. The Labute approximate surface area is 147 Å². The fraction of sp³-hybridized carbons (Fsp3) is 0.300. The highest BCUT2D eigenvalue weighted by Crippen LogP contribution is 2.33. The number of fused-ring (bicyclic) bond motifs is 1. The van der Waals surface area contributed by atoms with Crippen LogP contribution in [-0.2, 0) is 9.59 Å². The molecule has 3 rings (SSSR count). The van der Waals surface area contributed by atoms with E-state index in [2.05, 4.69) is 5.32 Å². The Hall–Kier alpha value is -2.82. The topological polar surface area (TPSA) is 58.6 Å². The fourth-order valence-corrected chi connectivity index (χ4v) is 3.27. The standard InChI is InChI=1S/C20H22N2O3/c1-12-9-13(2)19(14(3)10-12)21-20(24)15(4)22-16-7-5-6-8-17(16)25-11-18(22)23/h5-10,15H,11H2,1-4H3,(H,21,24). The highest BCUT2D eigenvalue weighted by molar-refractivity contribution is 6.07. The third kappa shape index (κ3) is 3.22. The van der Waals surface area contributed by atoms with Crippen molar-refractivity contribution >= 4 is 23.2 Å². The van der Waals surface area contributed by atoms with Gasteiger partial charge < -0.3 is 10.1 Å². The number of carbonyl (C=O) groups is 2. The molecule has 0 bridgehead atoms. The minimum absolute atomic E-state index is 0.0583. The van der Waals surface area contributed by atoms with Gasteiger partial charge in [0.25, 0.3) is 5.91 Å². The molecule has 5 nitrogen and oxygen atoms in total. The van der Waals surface area contributed by atoms with Crippen molar-refractivity contribution in [1.82, 2.24) is 0 Å². The van der Waals surface area contributed by atoms with Gasteiger partial charge in [-0.25, -0.2) is 0 Å². The highest BCUT2D eigenvalue weighted by atomic mass is 16.5. The van der Waals surface area contributed by atoms with Crippen molar-refractivity contribution in [3.05, 3.63) is 53.1 Å². The van der Waals surface area contributed by atoms with Crippen LogP contribution in [0.5, 0.6) is 5.75 Å². The quantitative estimate of drug-likeness (QED) is 0.933. The van der Waals surface area contributed by atoms with Crippen molar-refractivity contribution in [2.24, 2.45) is 0 Å². The van der Waals surface area contributed by atoms with E-state index in [9.17, 15) is 9.59 Å².